The first-order valence-electron chi connectivity index (χ1n) is 9.09. The Labute approximate surface area is 132 Å². The van der Waals surface area contributed by atoms with E-state index in [0.717, 1.165) is 38.5 Å². The first-order valence-corrected chi connectivity index (χ1v) is 9.09. The number of Topliss-reactive ketones (excluding diaryl/α,β-unsaturated/α-hetero) is 2. The van der Waals surface area contributed by atoms with Gasteiger partial charge in [0.05, 0.1) is 6.10 Å². The molecule has 0 unspecified atom stereocenters. The van der Waals surface area contributed by atoms with Crippen LogP contribution in [0, 0.1) is 34.5 Å². The fourth-order valence-corrected chi connectivity index (χ4v) is 6.86. The average molecular weight is 304 g/mol. The van der Waals surface area contributed by atoms with Gasteiger partial charge in [0.2, 0.25) is 0 Å². The molecule has 4 fully saturated rings. The number of carbonyl (C=O) groups excluding carboxylic acids is 2. The topological polar surface area (TPSA) is 54.4 Å². The summed E-state index contributed by atoms with van der Waals surface area (Å²) in [6.07, 6.45) is 6.53. The average Bonchev–Trinajstić information content (AvgIpc) is 2.77. The van der Waals surface area contributed by atoms with Gasteiger partial charge in [-0.2, -0.15) is 0 Å². The van der Waals surface area contributed by atoms with E-state index < -0.39 is 0 Å². The lowest BCUT2D eigenvalue weighted by Crippen LogP contribution is -2.57. The van der Waals surface area contributed by atoms with Crippen molar-refractivity contribution in [2.24, 2.45) is 34.5 Å². The first kappa shape index (κ1) is 14.9. The van der Waals surface area contributed by atoms with Crippen LogP contribution in [0.25, 0.3) is 0 Å². The van der Waals surface area contributed by atoms with Crippen LogP contribution in [0.4, 0.5) is 0 Å². The van der Waals surface area contributed by atoms with Crippen molar-refractivity contribution in [3.05, 3.63) is 0 Å². The van der Waals surface area contributed by atoms with Crippen molar-refractivity contribution < 1.29 is 14.7 Å². The van der Waals surface area contributed by atoms with Crippen LogP contribution < -0.4 is 0 Å². The Balaban J connectivity index is 1.69. The summed E-state index contributed by atoms with van der Waals surface area (Å²) < 4.78 is 0. The third-order valence-corrected chi connectivity index (χ3v) is 8.21. The van der Waals surface area contributed by atoms with Gasteiger partial charge in [-0.25, -0.2) is 0 Å². The predicted molar refractivity (Wildman–Crippen MR) is 83.1 cm³/mol. The Morgan fingerprint density at radius 3 is 2.55 bits per heavy atom. The highest BCUT2D eigenvalue weighted by molar-refractivity contribution is 5.87. The Hall–Kier alpha value is -0.700. The molecule has 0 bridgehead atoms. The molecule has 7 atom stereocenters. The molecule has 3 nitrogen and oxygen atoms in total. The lowest BCUT2D eigenvalue weighted by Gasteiger charge is -2.60. The molecule has 4 saturated carbocycles. The highest BCUT2D eigenvalue weighted by atomic mass is 16.3. The van der Waals surface area contributed by atoms with Gasteiger partial charge in [0.1, 0.15) is 11.6 Å². The van der Waals surface area contributed by atoms with Gasteiger partial charge >= 0.3 is 0 Å². The molecule has 4 aliphatic rings. The molecule has 0 aliphatic heterocycles. The molecular weight excluding hydrogens is 276 g/mol. The minimum absolute atomic E-state index is 0.100. The monoisotopic (exact) mass is 304 g/mol. The number of ketones is 2. The normalized spacial score (nSPS) is 54.6. The van der Waals surface area contributed by atoms with E-state index in [1.54, 1.807) is 0 Å². The molecule has 0 radical (unpaired) electrons. The first-order chi connectivity index (χ1) is 10.4. The zero-order valence-electron chi connectivity index (χ0n) is 13.8. The van der Waals surface area contributed by atoms with Crippen LogP contribution in [0.15, 0.2) is 0 Å². The molecule has 0 aromatic carbocycles. The molecule has 1 N–H and O–H groups in total. The van der Waals surface area contributed by atoms with Crippen LogP contribution in [0.1, 0.15) is 65.2 Å². The number of hydrogen-bond donors (Lipinski definition) is 1. The molecule has 4 rings (SSSR count). The summed E-state index contributed by atoms with van der Waals surface area (Å²) in [4.78, 5) is 24.3. The van der Waals surface area contributed by atoms with Gasteiger partial charge in [0, 0.05) is 24.7 Å². The van der Waals surface area contributed by atoms with E-state index in [4.69, 9.17) is 0 Å². The maximum atomic E-state index is 12.4. The summed E-state index contributed by atoms with van der Waals surface area (Å²) in [6, 6.07) is 0. The molecular formula is C19H28O3. The maximum Gasteiger partial charge on any atom is 0.139 e. The van der Waals surface area contributed by atoms with E-state index >= 15 is 0 Å². The third-order valence-electron chi connectivity index (χ3n) is 8.21. The highest BCUT2D eigenvalue weighted by Crippen LogP contribution is 2.65. The third kappa shape index (κ3) is 1.78. The lowest BCUT2D eigenvalue weighted by molar-refractivity contribution is -0.165. The Morgan fingerprint density at radius 1 is 1.00 bits per heavy atom. The number of aliphatic hydroxyl groups is 1. The molecule has 0 spiro atoms. The van der Waals surface area contributed by atoms with Crippen LogP contribution in [0.5, 0.6) is 0 Å². The van der Waals surface area contributed by atoms with Crippen LogP contribution in [-0.2, 0) is 9.59 Å². The highest BCUT2D eigenvalue weighted by Gasteiger charge is 2.62. The number of hydrogen-bond acceptors (Lipinski definition) is 3. The van der Waals surface area contributed by atoms with E-state index in [-0.39, 0.29) is 22.9 Å². The van der Waals surface area contributed by atoms with Gasteiger partial charge in [-0.1, -0.05) is 13.8 Å². The second-order valence-corrected chi connectivity index (χ2v) is 8.95. The minimum atomic E-state index is -0.353. The Morgan fingerprint density at radius 2 is 1.77 bits per heavy atom. The van der Waals surface area contributed by atoms with Gasteiger partial charge in [-0.15, -0.1) is 0 Å². The standard InChI is InChI=1S/C19H28O3/c1-18-7-5-11(20)9-15(18)16(21)10-12-13-3-4-17(22)19(13,2)8-6-14(12)18/h12-16,21H,3-10H2,1-2H3/t12-,13-,14-,15-,16+,18+,19-/m1/s1. The number of fused-ring (bicyclic) bond motifs is 5. The summed E-state index contributed by atoms with van der Waals surface area (Å²) in [6.45, 7) is 4.50. The molecule has 0 aromatic rings. The Kier molecular flexibility index (Phi) is 3.15. The van der Waals surface area contributed by atoms with Crippen molar-refractivity contribution in [1.82, 2.24) is 0 Å². The van der Waals surface area contributed by atoms with Crippen LogP contribution >= 0.6 is 0 Å². The van der Waals surface area contributed by atoms with E-state index in [0.29, 0.717) is 42.2 Å². The smallest absolute Gasteiger partial charge is 0.139 e. The molecule has 4 aliphatic carbocycles. The van der Waals surface area contributed by atoms with Crippen molar-refractivity contribution in [2.45, 2.75) is 71.3 Å². The SMILES string of the molecule is C[C@@]12CCC(=O)C[C@@H]1[C@@H](O)C[C@H]1[C@H]2CC[C@@]2(C)C(=O)CC[C@H]12. The van der Waals surface area contributed by atoms with Gasteiger partial charge < -0.3 is 5.11 Å². The molecule has 3 heteroatoms. The largest absolute Gasteiger partial charge is 0.393 e. The second kappa shape index (κ2) is 4.66. The summed E-state index contributed by atoms with van der Waals surface area (Å²) in [7, 11) is 0. The Bertz CT molecular complexity index is 527. The summed E-state index contributed by atoms with van der Waals surface area (Å²) in [5.41, 5.74) is -0.0300. The predicted octanol–water partition coefficient (Wildman–Crippen LogP) is 3.14. The molecule has 0 aromatic heterocycles. The van der Waals surface area contributed by atoms with Crippen molar-refractivity contribution in [3.8, 4) is 0 Å². The van der Waals surface area contributed by atoms with E-state index in [2.05, 4.69) is 13.8 Å². The van der Waals surface area contributed by atoms with E-state index in [1.807, 2.05) is 0 Å². The van der Waals surface area contributed by atoms with E-state index in [1.165, 1.54) is 0 Å². The van der Waals surface area contributed by atoms with Crippen LogP contribution in [0.3, 0.4) is 0 Å². The zero-order chi connectivity index (χ0) is 15.7. The fourth-order valence-electron chi connectivity index (χ4n) is 6.86. The second-order valence-electron chi connectivity index (χ2n) is 8.95. The van der Waals surface area contributed by atoms with Crippen molar-refractivity contribution in [2.75, 3.05) is 0 Å². The fraction of sp³-hybridized carbons (Fsp3) is 0.895. The summed E-state index contributed by atoms with van der Waals surface area (Å²) >= 11 is 0. The van der Waals surface area contributed by atoms with Crippen molar-refractivity contribution in [1.29, 1.82) is 0 Å². The zero-order valence-corrected chi connectivity index (χ0v) is 13.8. The minimum Gasteiger partial charge on any atom is -0.393 e. The maximum absolute atomic E-state index is 12.4. The van der Waals surface area contributed by atoms with Gasteiger partial charge in [-0.3, -0.25) is 9.59 Å². The van der Waals surface area contributed by atoms with Crippen molar-refractivity contribution in [3.63, 3.8) is 0 Å². The van der Waals surface area contributed by atoms with Gasteiger partial charge in [0.15, 0.2) is 0 Å². The molecule has 22 heavy (non-hydrogen) atoms. The summed E-state index contributed by atoms with van der Waals surface area (Å²) in [5.74, 6) is 2.47. The number of carbonyl (C=O) groups is 2. The molecule has 0 saturated heterocycles. The van der Waals surface area contributed by atoms with Gasteiger partial charge in [-0.05, 0) is 61.2 Å². The van der Waals surface area contributed by atoms with Crippen LogP contribution in [0.2, 0.25) is 0 Å². The quantitative estimate of drug-likeness (QED) is 0.748. The molecule has 0 amide bonds. The van der Waals surface area contributed by atoms with Crippen LogP contribution in [-0.4, -0.2) is 22.8 Å². The molecule has 122 valence electrons. The van der Waals surface area contributed by atoms with E-state index in [9.17, 15) is 14.7 Å². The number of rotatable bonds is 0. The summed E-state index contributed by atoms with van der Waals surface area (Å²) in [5, 5.41) is 10.8. The lowest BCUT2D eigenvalue weighted by atomic mass is 9.44. The number of aliphatic hydroxyl groups excluding tert-OH is 1. The molecule has 0 heterocycles. The van der Waals surface area contributed by atoms with Gasteiger partial charge in [0.25, 0.3) is 0 Å². The van der Waals surface area contributed by atoms with Crippen molar-refractivity contribution >= 4 is 11.6 Å².